The van der Waals surface area contributed by atoms with Gasteiger partial charge in [0.15, 0.2) is 0 Å². The van der Waals surface area contributed by atoms with Crippen LogP contribution in [-0.2, 0) is 22.4 Å². The van der Waals surface area contributed by atoms with Gasteiger partial charge in [0.2, 0.25) is 5.91 Å². The predicted octanol–water partition coefficient (Wildman–Crippen LogP) is 2.92. The van der Waals surface area contributed by atoms with E-state index in [2.05, 4.69) is 27.9 Å². The lowest BCUT2D eigenvalue weighted by Gasteiger charge is -2.15. The number of nitrogens with one attached hydrogen (secondary N) is 1. The van der Waals surface area contributed by atoms with E-state index in [1.54, 1.807) is 18.2 Å². The van der Waals surface area contributed by atoms with Gasteiger partial charge in [-0.25, -0.2) is 13.6 Å². The molecule has 1 atom stereocenters. The van der Waals surface area contributed by atoms with E-state index < -0.39 is 36.0 Å². The first kappa shape index (κ1) is 18.3. The van der Waals surface area contributed by atoms with Gasteiger partial charge < -0.3 is 10.4 Å². The summed E-state index contributed by atoms with van der Waals surface area (Å²) in [6, 6.07) is 9.32. The van der Waals surface area contributed by atoms with Gasteiger partial charge in [-0.05, 0) is 52.4 Å². The van der Waals surface area contributed by atoms with Crippen LogP contribution in [0.3, 0.4) is 0 Å². The Kier molecular flexibility index (Phi) is 6.24. The van der Waals surface area contributed by atoms with Crippen molar-refractivity contribution < 1.29 is 23.5 Å². The van der Waals surface area contributed by atoms with Crippen molar-refractivity contribution in [2.24, 2.45) is 0 Å². The average Bonchev–Trinajstić information content (AvgIpc) is 2.50. The highest BCUT2D eigenvalue weighted by Crippen LogP contribution is 2.13. The highest BCUT2D eigenvalue weighted by Gasteiger charge is 2.22. The molecule has 0 aliphatic carbocycles. The third-order valence-electron chi connectivity index (χ3n) is 3.36. The van der Waals surface area contributed by atoms with Crippen molar-refractivity contribution in [3.8, 4) is 0 Å². The molecule has 2 rings (SSSR count). The third kappa shape index (κ3) is 4.98. The molecule has 0 fully saturated rings. The molecule has 0 unspecified atom stereocenters. The zero-order valence-electron chi connectivity index (χ0n) is 12.4. The van der Waals surface area contributed by atoms with E-state index in [1.807, 2.05) is 6.07 Å². The average molecular weight is 445 g/mol. The van der Waals surface area contributed by atoms with Crippen molar-refractivity contribution in [3.63, 3.8) is 0 Å². The summed E-state index contributed by atoms with van der Waals surface area (Å²) in [7, 11) is 0. The Balaban J connectivity index is 2.07. The highest BCUT2D eigenvalue weighted by atomic mass is 127. The molecule has 1 amide bonds. The van der Waals surface area contributed by atoms with Crippen molar-refractivity contribution in [2.45, 2.75) is 18.9 Å². The van der Waals surface area contributed by atoms with E-state index in [0.717, 1.165) is 21.3 Å². The van der Waals surface area contributed by atoms with Gasteiger partial charge in [-0.15, -0.1) is 0 Å². The fourth-order valence-electron chi connectivity index (χ4n) is 2.21. The highest BCUT2D eigenvalue weighted by molar-refractivity contribution is 14.1. The van der Waals surface area contributed by atoms with Crippen LogP contribution >= 0.6 is 22.6 Å². The summed E-state index contributed by atoms with van der Waals surface area (Å²) in [5.41, 5.74) is 0.361. The normalized spacial score (nSPS) is 11.8. The van der Waals surface area contributed by atoms with Crippen molar-refractivity contribution in [1.82, 2.24) is 5.32 Å². The second-order valence-corrected chi connectivity index (χ2v) is 6.42. The standard InChI is InChI=1S/C17H14F2INO3/c18-13-5-2-6-14(19)12(13)9-16(22)21-15(17(23)24)8-10-3-1-4-11(20)7-10/h1-7,15H,8-9H2,(H,21,22)(H,23,24)/t15-/m0/s1. The van der Waals surface area contributed by atoms with E-state index in [0.29, 0.717) is 0 Å². The van der Waals surface area contributed by atoms with Crippen molar-refractivity contribution in [2.75, 3.05) is 0 Å². The van der Waals surface area contributed by atoms with Crippen LogP contribution in [0.15, 0.2) is 42.5 Å². The zero-order chi connectivity index (χ0) is 17.7. The molecule has 0 aliphatic rings. The topological polar surface area (TPSA) is 66.4 Å². The van der Waals surface area contributed by atoms with Crippen molar-refractivity contribution >= 4 is 34.5 Å². The molecule has 0 saturated heterocycles. The fourth-order valence-corrected chi connectivity index (χ4v) is 2.81. The van der Waals surface area contributed by atoms with E-state index in [9.17, 15) is 23.5 Å². The minimum atomic E-state index is -1.21. The van der Waals surface area contributed by atoms with Crippen LogP contribution in [0, 0.1) is 15.2 Å². The molecule has 2 N–H and O–H groups in total. The number of carboxylic acids is 1. The number of carboxylic acid groups (broad SMARTS) is 1. The minimum absolute atomic E-state index is 0.0810. The van der Waals surface area contributed by atoms with Crippen LogP contribution < -0.4 is 5.32 Å². The largest absolute Gasteiger partial charge is 0.480 e. The Labute approximate surface area is 151 Å². The van der Waals surface area contributed by atoms with Crippen molar-refractivity contribution in [3.05, 3.63) is 68.8 Å². The molecule has 2 aromatic rings. The third-order valence-corrected chi connectivity index (χ3v) is 4.03. The first-order valence-electron chi connectivity index (χ1n) is 7.06. The van der Waals surface area contributed by atoms with E-state index in [-0.39, 0.29) is 12.0 Å². The molecule has 0 spiro atoms. The molecule has 0 bridgehead atoms. The van der Waals surface area contributed by atoms with Crippen molar-refractivity contribution in [1.29, 1.82) is 0 Å². The molecule has 0 aromatic heterocycles. The Morgan fingerprint density at radius 2 is 1.75 bits per heavy atom. The lowest BCUT2D eigenvalue weighted by molar-refractivity contribution is -0.141. The van der Waals surface area contributed by atoms with Gasteiger partial charge in [-0.2, -0.15) is 0 Å². The second kappa shape index (κ2) is 8.18. The number of aliphatic carboxylic acids is 1. The van der Waals surface area contributed by atoms with E-state index in [4.69, 9.17) is 0 Å². The van der Waals surface area contributed by atoms with Crippen LogP contribution in [0.4, 0.5) is 8.78 Å². The smallest absolute Gasteiger partial charge is 0.326 e. The maximum absolute atomic E-state index is 13.6. The molecule has 0 heterocycles. The van der Waals surface area contributed by atoms with Gasteiger partial charge in [0.1, 0.15) is 17.7 Å². The summed E-state index contributed by atoms with van der Waals surface area (Å²) >= 11 is 2.10. The van der Waals surface area contributed by atoms with Crippen LogP contribution in [0.2, 0.25) is 0 Å². The molecule has 0 aliphatic heterocycles. The molecule has 4 nitrogen and oxygen atoms in total. The fraction of sp³-hybridized carbons (Fsp3) is 0.176. The zero-order valence-corrected chi connectivity index (χ0v) is 14.6. The summed E-state index contributed by atoms with van der Waals surface area (Å²) in [4.78, 5) is 23.3. The number of amides is 1. The molecule has 2 aromatic carbocycles. The van der Waals surface area contributed by atoms with Gasteiger partial charge in [-0.1, -0.05) is 18.2 Å². The Bertz CT molecular complexity index is 747. The van der Waals surface area contributed by atoms with E-state index >= 15 is 0 Å². The number of hydrogen-bond acceptors (Lipinski definition) is 2. The van der Waals surface area contributed by atoms with Crippen LogP contribution in [-0.4, -0.2) is 23.0 Å². The number of carbonyl (C=O) groups is 2. The number of carbonyl (C=O) groups excluding carboxylic acids is 1. The summed E-state index contributed by atoms with van der Waals surface area (Å²) in [5.74, 6) is -3.64. The van der Waals surface area contributed by atoms with Gasteiger partial charge >= 0.3 is 5.97 Å². The first-order chi connectivity index (χ1) is 11.4. The maximum atomic E-state index is 13.6. The quantitative estimate of drug-likeness (QED) is 0.673. The van der Waals surface area contributed by atoms with Gasteiger partial charge in [0, 0.05) is 15.6 Å². The predicted molar refractivity (Wildman–Crippen MR) is 92.5 cm³/mol. The maximum Gasteiger partial charge on any atom is 0.326 e. The number of rotatable bonds is 6. The molecular formula is C17H14F2INO3. The van der Waals surface area contributed by atoms with Crippen LogP contribution in [0.1, 0.15) is 11.1 Å². The molecular weight excluding hydrogens is 431 g/mol. The SMILES string of the molecule is O=C(Cc1c(F)cccc1F)N[C@@H](Cc1cccc(I)c1)C(=O)O. The number of hydrogen-bond donors (Lipinski definition) is 2. The van der Waals surface area contributed by atoms with Gasteiger partial charge in [0.05, 0.1) is 6.42 Å². The number of benzene rings is 2. The second-order valence-electron chi connectivity index (χ2n) is 5.17. The monoisotopic (exact) mass is 445 g/mol. The lowest BCUT2D eigenvalue weighted by Crippen LogP contribution is -2.43. The Morgan fingerprint density at radius 3 is 2.33 bits per heavy atom. The summed E-state index contributed by atoms with van der Waals surface area (Å²) in [6.45, 7) is 0. The first-order valence-corrected chi connectivity index (χ1v) is 8.14. The van der Waals surface area contributed by atoms with E-state index in [1.165, 1.54) is 6.07 Å². The number of halogens is 3. The van der Waals surface area contributed by atoms with Gasteiger partial charge in [-0.3, -0.25) is 4.79 Å². The lowest BCUT2D eigenvalue weighted by atomic mass is 10.1. The Hall–Kier alpha value is -2.03. The summed E-state index contributed by atoms with van der Waals surface area (Å²) in [5, 5.41) is 11.6. The molecule has 7 heteroatoms. The van der Waals surface area contributed by atoms with Crippen LogP contribution in [0.25, 0.3) is 0 Å². The Morgan fingerprint density at radius 1 is 1.12 bits per heavy atom. The van der Waals surface area contributed by atoms with Crippen LogP contribution in [0.5, 0.6) is 0 Å². The molecule has 0 saturated carbocycles. The molecule has 0 radical (unpaired) electrons. The minimum Gasteiger partial charge on any atom is -0.480 e. The van der Waals surface area contributed by atoms with Gasteiger partial charge in [0.25, 0.3) is 0 Å². The molecule has 24 heavy (non-hydrogen) atoms. The molecule has 126 valence electrons. The summed E-state index contributed by atoms with van der Waals surface area (Å²) < 4.78 is 28.1. The summed E-state index contributed by atoms with van der Waals surface area (Å²) in [6.07, 6.45) is -0.480.